The molecule has 0 aliphatic heterocycles. The van der Waals surface area contributed by atoms with Crippen molar-refractivity contribution in [2.45, 2.75) is 26.3 Å². The predicted octanol–water partition coefficient (Wildman–Crippen LogP) is 5.58. The lowest BCUT2D eigenvalue weighted by molar-refractivity contribution is 0.102. The van der Waals surface area contributed by atoms with Crippen molar-refractivity contribution < 1.29 is 4.79 Å². The molecule has 0 atom stereocenters. The summed E-state index contributed by atoms with van der Waals surface area (Å²) in [4.78, 5) is 30.9. The van der Waals surface area contributed by atoms with Gasteiger partial charge in [0.25, 0.3) is 11.5 Å². The third kappa shape index (κ3) is 4.49. The van der Waals surface area contributed by atoms with E-state index in [9.17, 15) is 9.59 Å². The van der Waals surface area contributed by atoms with Crippen LogP contribution in [0.25, 0.3) is 10.8 Å². The molecule has 0 spiro atoms. The van der Waals surface area contributed by atoms with E-state index in [0.717, 1.165) is 10.4 Å². The largest absolute Gasteiger partial charge is 0.296 e. The fourth-order valence-corrected chi connectivity index (χ4v) is 4.49. The molecular weight excluding hydrogens is 455 g/mol. The smallest absolute Gasteiger partial charge is 0.278 e. The second kappa shape index (κ2) is 8.78. The number of carbonyl (C=O) groups is 1. The van der Waals surface area contributed by atoms with E-state index in [1.165, 1.54) is 16.0 Å². The number of thiazole rings is 1. The van der Waals surface area contributed by atoms with Crippen LogP contribution in [0.4, 0.5) is 5.13 Å². The normalized spacial score (nSPS) is 11.3. The average molecular weight is 473 g/mol. The molecule has 0 radical (unpaired) electrons. The molecule has 31 heavy (non-hydrogen) atoms. The maximum Gasteiger partial charge on any atom is 0.278 e. The van der Waals surface area contributed by atoms with Crippen LogP contribution in [-0.2, 0) is 6.42 Å². The van der Waals surface area contributed by atoms with Gasteiger partial charge in [-0.1, -0.05) is 47.5 Å². The van der Waals surface area contributed by atoms with Gasteiger partial charge in [-0.2, -0.15) is 5.10 Å². The SMILES string of the molecule is CC(C)n1nc(C(=O)Nc2ncc(Cc3ccc(Cl)cc3Cl)s2)c2ccccc2c1=O. The molecule has 158 valence electrons. The van der Waals surface area contributed by atoms with Crippen molar-refractivity contribution in [1.29, 1.82) is 0 Å². The third-order valence-corrected chi connectivity index (χ3v) is 6.19. The molecule has 6 nitrogen and oxygen atoms in total. The van der Waals surface area contributed by atoms with Crippen molar-refractivity contribution in [2.75, 3.05) is 5.32 Å². The highest BCUT2D eigenvalue weighted by atomic mass is 35.5. The molecule has 0 bridgehead atoms. The summed E-state index contributed by atoms with van der Waals surface area (Å²) in [6.07, 6.45) is 2.27. The molecular formula is C22H18Cl2N4O2S. The Morgan fingerprint density at radius 2 is 1.90 bits per heavy atom. The molecule has 0 saturated carbocycles. The van der Waals surface area contributed by atoms with Gasteiger partial charge in [-0.25, -0.2) is 9.67 Å². The van der Waals surface area contributed by atoms with Crippen molar-refractivity contribution >= 4 is 56.3 Å². The molecule has 9 heteroatoms. The molecule has 2 heterocycles. The van der Waals surface area contributed by atoms with Crippen LogP contribution >= 0.6 is 34.5 Å². The topological polar surface area (TPSA) is 76.9 Å². The summed E-state index contributed by atoms with van der Waals surface area (Å²) in [7, 11) is 0. The highest BCUT2D eigenvalue weighted by Crippen LogP contribution is 2.27. The number of hydrogen-bond donors (Lipinski definition) is 1. The van der Waals surface area contributed by atoms with Gasteiger partial charge in [0.1, 0.15) is 0 Å². The number of aromatic nitrogens is 3. The monoisotopic (exact) mass is 472 g/mol. The van der Waals surface area contributed by atoms with E-state index in [2.05, 4.69) is 15.4 Å². The lowest BCUT2D eigenvalue weighted by Gasteiger charge is -2.12. The number of nitrogens with zero attached hydrogens (tertiary/aromatic N) is 3. The molecule has 0 aliphatic carbocycles. The number of halogens is 2. The fraction of sp³-hybridized carbons (Fsp3) is 0.182. The number of anilines is 1. The maximum absolute atomic E-state index is 13.0. The van der Waals surface area contributed by atoms with Crippen molar-refractivity contribution in [3.8, 4) is 0 Å². The molecule has 1 amide bonds. The Morgan fingerprint density at radius 1 is 1.16 bits per heavy atom. The molecule has 0 aliphatic rings. The summed E-state index contributed by atoms with van der Waals surface area (Å²) in [5, 5.41) is 9.69. The van der Waals surface area contributed by atoms with Gasteiger partial charge in [-0.15, -0.1) is 11.3 Å². The predicted molar refractivity (Wildman–Crippen MR) is 126 cm³/mol. The molecule has 4 rings (SSSR count). The van der Waals surface area contributed by atoms with Crippen LogP contribution < -0.4 is 10.9 Å². The minimum atomic E-state index is -0.420. The molecule has 1 N–H and O–H groups in total. The Balaban J connectivity index is 1.61. The number of hydrogen-bond acceptors (Lipinski definition) is 5. The molecule has 0 fully saturated rings. The minimum Gasteiger partial charge on any atom is -0.296 e. The highest BCUT2D eigenvalue weighted by Gasteiger charge is 2.19. The summed E-state index contributed by atoms with van der Waals surface area (Å²) in [5.74, 6) is -0.420. The number of amides is 1. The van der Waals surface area contributed by atoms with Crippen LogP contribution in [-0.4, -0.2) is 20.7 Å². The van der Waals surface area contributed by atoms with Crippen LogP contribution in [0.2, 0.25) is 10.0 Å². The van der Waals surface area contributed by atoms with Gasteiger partial charge in [0.05, 0.1) is 11.4 Å². The van der Waals surface area contributed by atoms with Gasteiger partial charge in [-0.3, -0.25) is 14.9 Å². The Labute approximate surface area is 192 Å². The average Bonchev–Trinajstić information content (AvgIpc) is 3.17. The number of nitrogens with one attached hydrogen (secondary N) is 1. The first-order valence-corrected chi connectivity index (χ1v) is 11.1. The first-order chi connectivity index (χ1) is 14.8. The zero-order chi connectivity index (χ0) is 22.1. The minimum absolute atomic E-state index is 0.181. The van der Waals surface area contributed by atoms with Crippen LogP contribution in [0, 0.1) is 0 Å². The lowest BCUT2D eigenvalue weighted by atomic mass is 10.1. The molecule has 4 aromatic rings. The standard InChI is InChI=1S/C22H18Cl2N4O2S/c1-12(2)28-21(30)17-6-4-3-5-16(17)19(27-28)20(29)26-22-25-11-15(31-22)9-13-7-8-14(23)10-18(13)24/h3-8,10-12H,9H2,1-2H3,(H,25,26,29). The number of carbonyl (C=O) groups excluding carboxylic acids is 1. The summed E-state index contributed by atoms with van der Waals surface area (Å²) >= 11 is 13.6. The van der Waals surface area contributed by atoms with Gasteiger partial charge in [0, 0.05) is 32.9 Å². The summed E-state index contributed by atoms with van der Waals surface area (Å²) < 4.78 is 1.33. The summed E-state index contributed by atoms with van der Waals surface area (Å²) in [5.41, 5.74) is 0.879. The van der Waals surface area contributed by atoms with E-state index < -0.39 is 5.91 Å². The first-order valence-electron chi connectivity index (χ1n) is 9.55. The van der Waals surface area contributed by atoms with Gasteiger partial charge in [0.2, 0.25) is 0 Å². The molecule has 0 unspecified atom stereocenters. The van der Waals surface area contributed by atoms with E-state index in [0.29, 0.717) is 32.4 Å². The number of rotatable bonds is 5. The van der Waals surface area contributed by atoms with E-state index in [4.69, 9.17) is 23.2 Å². The van der Waals surface area contributed by atoms with Crippen LogP contribution in [0.3, 0.4) is 0 Å². The van der Waals surface area contributed by atoms with E-state index >= 15 is 0 Å². The Kier molecular flexibility index (Phi) is 6.09. The quantitative estimate of drug-likeness (QED) is 0.410. The maximum atomic E-state index is 13.0. The van der Waals surface area contributed by atoms with Crippen molar-refractivity contribution in [1.82, 2.24) is 14.8 Å². The number of fused-ring (bicyclic) bond motifs is 1. The molecule has 2 aromatic heterocycles. The Bertz CT molecular complexity index is 1350. The van der Waals surface area contributed by atoms with Crippen LogP contribution in [0.1, 0.15) is 40.8 Å². The van der Waals surface area contributed by atoms with E-state index in [1.807, 2.05) is 19.9 Å². The Morgan fingerprint density at radius 3 is 2.61 bits per heavy atom. The zero-order valence-corrected chi connectivity index (χ0v) is 19.1. The van der Waals surface area contributed by atoms with Crippen LogP contribution in [0.5, 0.6) is 0 Å². The van der Waals surface area contributed by atoms with Gasteiger partial charge >= 0.3 is 0 Å². The van der Waals surface area contributed by atoms with Gasteiger partial charge in [-0.05, 0) is 37.6 Å². The summed E-state index contributed by atoms with van der Waals surface area (Å²) in [6, 6.07) is 12.1. The van der Waals surface area contributed by atoms with Crippen LogP contribution in [0.15, 0.2) is 53.5 Å². The second-order valence-electron chi connectivity index (χ2n) is 7.24. The fourth-order valence-electron chi connectivity index (χ4n) is 3.18. The van der Waals surface area contributed by atoms with E-state index in [-0.39, 0.29) is 17.3 Å². The molecule has 0 saturated heterocycles. The highest BCUT2D eigenvalue weighted by molar-refractivity contribution is 7.15. The summed E-state index contributed by atoms with van der Waals surface area (Å²) in [6.45, 7) is 3.69. The lowest BCUT2D eigenvalue weighted by Crippen LogP contribution is -2.28. The third-order valence-electron chi connectivity index (χ3n) is 4.69. The first kappa shape index (κ1) is 21.5. The van der Waals surface area contributed by atoms with E-state index in [1.54, 1.807) is 42.6 Å². The van der Waals surface area contributed by atoms with Crippen molar-refractivity contribution in [3.63, 3.8) is 0 Å². The molecule has 2 aromatic carbocycles. The Hall–Kier alpha value is -2.74. The second-order valence-corrected chi connectivity index (χ2v) is 9.19. The van der Waals surface area contributed by atoms with Crippen molar-refractivity contribution in [3.05, 3.63) is 85.2 Å². The van der Waals surface area contributed by atoms with Gasteiger partial charge < -0.3 is 0 Å². The zero-order valence-electron chi connectivity index (χ0n) is 16.7. The van der Waals surface area contributed by atoms with Gasteiger partial charge in [0.15, 0.2) is 10.8 Å². The number of benzene rings is 2. The van der Waals surface area contributed by atoms with Crippen molar-refractivity contribution in [2.24, 2.45) is 0 Å².